The van der Waals surface area contributed by atoms with Crippen LogP contribution < -0.4 is 4.74 Å². The van der Waals surface area contributed by atoms with E-state index in [1.54, 1.807) is 24.3 Å². The summed E-state index contributed by atoms with van der Waals surface area (Å²) in [7, 11) is 0. The van der Waals surface area contributed by atoms with E-state index in [4.69, 9.17) is 5.11 Å². The van der Waals surface area contributed by atoms with Gasteiger partial charge in [-0.1, -0.05) is 30.3 Å². The first kappa shape index (κ1) is 15.3. The van der Waals surface area contributed by atoms with Crippen LogP contribution in [0.3, 0.4) is 0 Å². The quantitative estimate of drug-likeness (QED) is 0.663. The van der Waals surface area contributed by atoms with Crippen molar-refractivity contribution >= 4 is 6.47 Å². The molecule has 0 saturated heterocycles. The van der Waals surface area contributed by atoms with Crippen molar-refractivity contribution in [2.75, 3.05) is 0 Å². The van der Waals surface area contributed by atoms with E-state index in [2.05, 4.69) is 11.3 Å². The van der Waals surface area contributed by atoms with Crippen molar-refractivity contribution in [3.05, 3.63) is 66.7 Å². The molecule has 104 valence electrons. The molecule has 0 aliphatic rings. The van der Waals surface area contributed by atoms with Gasteiger partial charge < -0.3 is 14.9 Å². The zero-order valence-electron chi connectivity index (χ0n) is 10.9. The van der Waals surface area contributed by atoms with Gasteiger partial charge in [0.2, 0.25) is 0 Å². The number of aromatic hydroxyl groups is 2. The predicted molar refractivity (Wildman–Crippen MR) is 76.8 cm³/mol. The predicted octanol–water partition coefficient (Wildman–Crippen LogP) is 3.05. The molecule has 4 heteroatoms. The first-order valence-electron chi connectivity index (χ1n) is 5.94. The first-order valence-corrected chi connectivity index (χ1v) is 5.94. The number of hydrogen-bond donors (Lipinski definition) is 2. The van der Waals surface area contributed by atoms with E-state index in [1.165, 1.54) is 12.1 Å². The molecular formula is C16H16O4. The third-order valence-corrected chi connectivity index (χ3v) is 2.36. The molecule has 20 heavy (non-hydrogen) atoms. The smallest absolute Gasteiger partial charge is 0.298 e. The lowest BCUT2D eigenvalue weighted by atomic mass is 10.1. The van der Waals surface area contributed by atoms with Crippen molar-refractivity contribution in [3.8, 4) is 17.2 Å². The maximum Gasteiger partial charge on any atom is 0.298 e. The number of para-hydroxylation sites is 1. The van der Waals surface area contributed by atoms with Gasteiger partial charge in [-0.2, -0.15) is 0 Å². The minimum absolute atomic E-state index is 0.0827. The number of rotatable bonds is 4. The first-order chi connectivity index (χ1) is 9.67. The van der Waals surface area contributed by atoms with Gasteiger partial charge in [-0.25, -0.2) is 0 Å². The summed E-state index contributed by atoms with van der Waals surface area (Å²) in [6.45, 7) is 3.90. The molecular weight excluding hydrogens is 256 g/mol. The fourth-order valence-corrected chi connectivity index (χ4v) is 1.45. The molecule has 2 aromatic carbocycles. The molecule has 0 amide bonds. The molecule has 0 spiro atoms. The molecule has 0 aliphatic heterocycles. The summed E-state index contributed by atoms with van der Waals surface area (Å²) < 4.78 is 4.45. The van der Waals surface area contributed by atoms with E-state index < -0.39 is 0 Å². The van der Waals surface area contributed by atoms with Crippen LogP contribution in [-0.4, -0.2) is 16.7 Å². The molecule has 4 nitrogen and oxygen atoms in total. The monoisotopic (exact) mass is 272 g/mol. The van der Waals surface area contributed by atoms with Crippen LogP contribution in [0.15, 0.2) is 61.2 Å². The van der Waals surface area contributed by atoms with E-state index in [-0.39, 0.29) is 5.75 Å². The summed E-state index contributed by atoms with van der Waals surface area (Å²) in [5, 5.41) is 18.0. The highest BCUT2D eigenvalue weighted by Crippen LogP contribution is 2.16. The average Bonchev–Trinajstić information content (AvgIpc) is 2.43. The van der Waals surface area contributed by atoms with Gasteiger partial charge in [-0.05, 0) is 30.2 Å². The maximum absolute atomic E-state index is 9.78. The van der Waals surface area contributed by atoms with E-state index in [1.807, 2.05) is 18.2 Å². The fraction of sp³-hybridized carbons (Fsp3) is 0.0625. The Bertz CT molecular complexity index is 564. The number of allylic oxidation sites excluding steroid dienone is 1. The number of hydrogen-bond acceptors (Lipinski definition) is 4. The van der Waals surface area contributed by atoms with Gasteiger partial charge in [0.25, 0.3) is 6.47 Å². The van der Waals surface area contributed by atoms with Crippen LogP contribution in [0.25, 0.3) is 0 Å². The van der Waals surface area contributed by atoms with E-state index in [9.17, 15) is 9.90 Å². The molecule has 0 unspecified atom stereocenters. The van der Waals surface area contributed by atoms with Gasteiger partial charge in [-0.15, -0.1) is 6.58 Å². The van der Waals surface area contributed by atoms with Crippen LogP contribution in [0.5, 0.6) is 17.2 Å². The van der Waals surface area contributed by atoms with Crippen LogP contribution in [-0.2, 0) is 11.2 Å². The lowest BCUT2D eigenvalue weighted by molar-refractivity contribution is -0.120. The Kier molecular flexibility index (Phi) is 6.41. The molecule has 0 aromatic heterocycles. The number of carbonyl (C=O) groups is 1. The molecule has 2 rings (SSSR count). The number of ether oxygens (including phenoxy) is 1. The Morgan fingerprint density at radius 3 is 2.45 bits per heavy atom. The third-order valence-electron chi connectivity index (χ3n) is 2.36. The van der Waals surface area contributed by atoms with Crippen molar-refractivity contribution in [2.45, 2.75) is 6.42 Å². The summed E-state index contributed by atoms with van der Waals surface area (Å²) >= 11 is 0. The van der Waals surface area contributed by atoms with Gasteiger partial charge in [0, 0.05) is 6.07 Å². The molecule has 0 heterocycles. The molecule has 2 aromatic rings. The zero-order chi connectivity index (χ0) is 14.8. The van der Waals surface area contributed by atoms with Crippen LogP contribution in [0.4, 0.5) is 0 Å². The zero-order valence-corrected chi connectivity index (χ0v) is 10.9. The van der Waals surface area contributed by atoms with Crippen molar-refractivity contribution in [1.82, 2.24) is 0 Å². The highest BCUT2D eigenvalue weighted by Gasteiger charge is 1.94. The minimum Gasteiger partial charge on any atom is -0.508 e. The molecule has 0 saturated carbocycles. The highest BCUT2D eigenvalue weighted by molar-refractivity contribution is 5.46. The Morgan fingerprint density at radius 2 is 1.85 bits per heavy atom. The molecule has 0 atom stereocenters. The lowest BCUT2D eigenvalue weighted by Gasteiger charge is -1.97. The largest absolute Gasteiger partial charge is 0.508 e. The summed E-state index contributed by atoms with van der Waals surface area (Å²) in [6.07, 6.45) is 2.50. The molecule has 0 fully saturated rings. The second-order valence-electron chi connectivity index (χ2n) is 3.83. The standard InChI is InChI=1S/C9H10O.C7H6O3/c1-2-5-8-6-3-4-7-9(8)10;8-5-10-7-3-1-2-6(9)4-7/h2-4,6-7,10H,1,5H2;1-5,9H. The Morgan fingerprint density at radius 1 is 1.10 bits per heavy atom. The molecule has 0 radical (unpaired) electrons. The van der Waals surface area contributed by atoms with Crippen molar-refractivity contribution < 1.29 is 19.7 Å². The number of benzene rings is 2. The summed E-state index contributed by atoms with van der Waals surface area (Å²) in [4.78, 5) is 9.78. The molecule has 2 N–H and O–H groups in total. The minimum atomic E-state index is 0.0827. The summed E-state index contributed by atoms with van der Waals surface area (Å²) in [5.74, 6) is 0.775. The van der Waals surface area contributed by atoms with Crippen LogP contribution in [0.2, 0.25) is 0 Å². The summed E-state index contributed by atoms with van der Waals surface area (Å²) in [6, 6.07) is 13.3. The Hall–Kier alpha value is -2.75. The van der Waals surface area contributed by atoms with E-state index in [0.29, 0.717) is 18.0 Å². The van der Waals surface area contributed by atoms with Crippen molar-refractivity contribution in [1.29, 1.82) is 0 Å². The van der Waals surface area contributed by atoms with Gasteiger partial charge in [0.1, 0.15) is 17.2 Å². The van der Waals surface area contributed by atoms with Crippen LogP contribution in [0.1, 0.15) is 5.56 Å². The third kappa shape index (κ3) is 5.27. The van der Waals surface area contributed by atoms with Gasteiger partial charge in [0.15, 0.2) is 0 Å². The molecule has 0 bridgehead atoms. The second-order valence-corrected chi connectivity index (χ2v) is 3.83. The number of carbonyl (C=O) groups excluding carboxylic acids is 1. The van der Waals surface area contributed by atoms with Crippen LogP contribution >= 0.6 is 0 Å². The van der Waals surface area contributed by atoms with E-state index >= 15 is 0 Å². The van der Waals surface area contributed by atoms with Crippen molar-refractivity contribution in [2.24, 2.45) is 0 Å². The second kappa shape index (κ2) is 8.37. The highest BCUT2D eigenvalue weighted by atomic mass is 16.5. The average molecular weight is 272 g/mol. The maximum atomic E-state index is 9.78. The Labute approximate surface area is 117 Å². The topological polar surface area (TPSA) is 66.8 Å². The van der Waals surface area contributed by atoms with E-state index in [0.717, 1.165) is 12.0 Å². The number of phenolic OH excluding ortho intramolecular Hbond substituents is 2. The van der Waals surface area contributed by atoms with Crippen molar-refractivity contribution in [3.63, 3.8) is 0 Å². The lowest BCUT2D eigenvalue weighted by Crippen LogP contribution is -1.86. The summed E-state index contributed by atoms with van der Waals surface area (Å²) in [5.41, 5.74) is 0.928. The normalized spacial score (nSPS) is 9.00. The Balaban J connectivity index is 0.000000200. The van der Waals surface area contributed by atoms with Gasteiger partial charge in [-0.3, -0.25) is 4.79 Å². The van der Waals surface area contributed by atoms with Gasteiger partial charge in [0.05, 0.1) is 0 Å². The van der Waals surface area contributed by atoms with Gasteiger partial charge >= 0.3 is 0 Å². The fourth-order valence-electron chi connectivity index (χ4n) is 1.45. The SMILES string of the molecule is C=CCc1ccccc1O.O=COc1cccc(O)c1. The number of phenols is 2. The molecule has 0 aliphatic carbocycles. The van der Waals surface area contributed by atoms with Crippen LogP contribution in [0, 0.1) is 0 Å².